The number of hydrogen-bond donors (Lipinski definition) is 5. The van der Waals surface area contributed by atoms with Gasteiger partial charge in [-0.05, 0) is 119 Å². The van der Waals surface area contributed by atoms with Crippen molar-refractivity contribution in [1.29, 1.82) is 0 Å². The lowest BCUT2D eigenvalue weighted by Gasteiger charge is -2.13. The minimum absolute atomic E-state index is 0.0688. The first kappa shape index (κ1) is 54.1. The highest BCUT2D eigenvalue weighted by Crippen LogP contribution is 2.26. The molecule has 1 heterocycles. The summed E-state index contributed by atoms with van der Waals surface area (Å²) in [6.45, 7) is 2.55. The predicted molar refractivity (Wildman–Crippen MR) is 260 cm³/mol. The molecule has 0 aliphatic carbocycles. The third kappa shape index (κ3) is 16.9. The molecule has 0 aliphatic rings. The number of anilines is 2. The monoisotopic (exact) mass is 1130 g/mol. The highest BCUT2D eigenvalue weighted by atomic mass is 79.9. The molecule has 1 amide bonds. The van der Waals surface area contributed by atoms with E-state index in [0.717, 1.165) is 20.6 Å². The van der Waals surface area contributed by atoms with E-state index in [9.17, 15) is 24.0 Å². The Morgan fingerprint density at radius 1 is 0.742 bits per heavy atom. The number of nitrogens with two attached hydrogens (primary N) is 2. The Kier molecular flexibility index (Phi) is 24.4. The number of aromatic carboxylic acids is 2. The first-order valence-electron chi connectivity index (χ1n) is 17.7. The van der Waals surface area contributed by atoms with Gasteiger partial charge in [-0.15, -0.1) is 23.2 Å². The summed E-state index contributed by atoms with van der Waals surface area (Å²) in [5.74, 6) is -1.72. The molecule has 0 saturated carbocycles. The van der Waals surface area contributed by atoms with Crippen LogP contribution in [0.15, 0.2) is 121 Å². The molecule has 0 spiro atoms. The number of carboxylic acid groups (broad SMARTS) is 2. The molecule has 62 heavy (non-hydrogen) atoms. The van der Waals surface area contributed by atoms with Gasteiger partial charge in [0.25, 0.3) is 5.56 Å². The van der Waals surface area contributed by atoms with Crippen LogP contribution >= 0.6 is 106 Å². The van der Waals surface area contributed by atoms with Gasteiger partial charge in [-0.2, -0.15) is 0 Å². The fourth-order valence-electron chi connectivity index (χ4n) is 4.85. The van der Waals surface area contributed by atoms with Crippen molar-refractivity contribution >= 4 is 151 Å². The molecule has 328 valence electrons. The number of fused-ring (bicyclic) bond motifs is 1. The van der Waals surface area contributed by atoms with Gasteiger partial charge >= 0.3 is 11.9 Å². The number of carbonyl (C=O) groups is 4. The number of nitrogen functional groups attached to an aromatic ring is 1. The first-order valence-corrected chi connectivity index (χ1v) is 22.2. The fraction of sp³-hybridized carbons (Fsp3) is 0.143. The van der Waals surface area contributed by atoms with Crippen LogP contribution < -0.4 is 22.3 Å². The van der Waals surface area contributed by atoms with Gasteiger partial charge in [-0.3, -0.25) is 19.0 Å². The zero-order valence-corrected chi connectivity index (χ0v) is 40.9. The largest absolute Gasteiger partial charge is 0.478 e. The Hall–Kier alpha value is -4.03. The fourth-order valence-corrected chi connectivity index (χ4v) is 7.07. The number of amides is 1. The van der Waals surface area contributed by atoms with Gasteiger partial charge in [0.2, 0.25) is 11.1 Å². The third-order valence-corrected chi connectivity index (χ3v) is 11.3. The second-order valence-corrected chi connectivity index (χ2v) is 16.3. The van der Waals surface area contributed by atoms with Crippen molar-refractivity contribution in [3.8, 4) is 0 Å². The molecule has 0 atom stereocenters. The van der Waals surface area contributed by atoms with E-state index in [4.69, 9.17) is 79.7 Å². The number of rotatable bonds is 9. The van der Waals surface area contributed by atoms with Crippen LogP contribution in [0.25, 0.3) is 10.9 Å². The maximum absolute atomic E-state index is 12.8. The highest BCUT2D eigenvalue weighted by Gasteiger charge is 2.16. The van der Waals surface area contributed by atoms with Crippen LogP contribution in [0, 0.1) is 0 Å². The van der Waals surface area contributed by atoms with Crippen molar-refractivity contribution in [1.82, 2.24) is 9.55 Å². The topological polar surface area (TPSA) is 208 Å². The number of alkyl halides is 2. The summed E-state index contributed by atoms with van der Waals surface area (Å²) in [5.41, 5.74) is 13.9. The lowest BCUT2D eigenvalue weighted by molar-refractivity contribution is -0.116. The van der Waals surface area contributed by atoms with E-state index < -0.39 is 17.2 Å². The van der Waals surface area contributed by atoms with Gasteiger partial charge in [0.1, 0.15) is 5.82 Å². The lowest BCUT2D eigenvalue weighted by Crippen LogP contribution is -2.25. The molecule has 20 heteroatoms. The van der Waals surface area contributed by atoms with Gasteiger partial charge in [0.15, 0.2) is 0 Å². The van der Waals surface area contributed by atoms with Crippen LogP contribution in [0.4, 0.5) is 11.4 Å². The maximum atomic E-state index is 12.8. The quantitative estimate of drug-likeness (QED) is 0.0526. The molecule has 5 aromatic carbocycles. The number of aromatic nitrogens is 2. The molecular formula is C42H37Br3Cl5N5O7. The number of hydrogen-bond acceptors (Lipinski definition) is 8. The second kappa shape index (κ2) is 27.9. The first-order chi connectivity index (χ1) is 29.4. The van der Waals surface area contributed by atoms with E-state index in [1.807, 2.05) is 54.6 Å². The zero-order chi connectivity index (χ0) is 46.5. The number of nitrogens with one attached hydrogen (secondary N) is 1. The van der Waals surface area contributed by atoms with Gasteiger partial charge in [0.05, 0.1) is 46.0 Å². The molecular weight excluding hydrogens is 1100 g/mol. The molecule has 6 rings (SSSR count). The molecule has 0 aliphatic heterocycles. The Morgan fingerprint density at radius 3 is 1.69 bits per heavy atom. The van der Waals surface area contributed by atoms with Crippen molar-refractivity contribution in [3.63, 3.8) is 0 Å². The number of halogens is 8. The number of benzene rings is 5. The summed E-state index contributed by atoms with van der Waals surface area (Å²) in [5, 5.41) is 21.5. The van der Waals surface area contributed by atoms with E-state index in [-0.39, 0.29) is 40.0 Å². The molecule has 1 aromatic heterocycles. The summed E-state index contributed by atoms with van der Waals surface area (Å²) in [6, 6.07) is 30.2. The van der Waals surface area contributed by atoms with Gasteiger partial charge in [0, 0.05) is 42.1 Å². The summed E-state index contributed by atoms with van der Waals surface area (Å²) in [4.78, 5) is 59.4. The predicted octanol–water partition coefficient (Wildman–Crippen LogP) is 11.6. The number of nitrogens with zero attached hydrogens (tertiary/aromatic N) is 2. The molecule has 0 bridgehead atoms. The Labute approximate surface area is 406 Å². The van der Waals surface area contributed by atoms with Crippen LogP contribution in [0.5, 0.6) is 0 Å². The summed E-state index contributed by atoms with van der Waals surface area (Å²) >= 11 is 37.1. The van der Waals surface area contributed by atoms with Gasteiger partial charge in [-0.25, -0.2) is 14.6 Å². The Bertz CT molecular complexity index is 2550. The third-order valence-electron chi connectivity index (χ3n) is 7.78. The van der Waals surface area contributed by atoms with Crippen LogP contribution in [0.3, 0.4) is 0 Å². The highest BCUT2D eigenvalue weighted by molar-refractivity contribution is 9.11. The van der Waals surface area contributed by atoms with Crippen molar-refractivity contribution in [2.75, 3.05) is 16.9 Å². The van der Waals surface area contributed by atoms with E-state index in [0.29, 0.717) is 55.9 Å². The average molecular weight is 1140 g/mol. The van der Waals surface area contributed by atoms with Crippen LogP contribution in [-0.4, -0.2) is 48.7 Å². The molecule has 0 radical (unpaired) electrons. The number of carboxylic acids is 2. The summed E-state index contributed by atoms with van der Waals surface area (Å²) < 4.78 is 3.24. The lowest BCUT2D eigenvalue weighted by atomic mass is 10.2. The van der Waals surface area contributed by atoms with Gasteiger partial charge in [-0.1, -0.05) is 84.7 Å². The normalized spacial score (nSPS) is 9.97. The van der Waals surface area contributed by atoms with Crippen molar-refractivity contribution in [2.45, 2.75) is 32.3 Å². The SMILES string of the molecule is CCC(=O)Nc1cccc(Br)c1C(=O)O.NCc1ccccc1Cl.Nc1cccc(Br)c1C(=O)O.O=C(Cl)CCl.O=c1c2c(Br)cccc2nc(CCl)n1Cc1ccccc1Cl. The molecule has 7 N–H and O–H groups in total. The molecule has 0 saturated heterocycles. The average Bonchev–Trinajstić information content (AvgIpc) is 3.23. The van der Waals surface area contributed by atoms with Gasteiger partial charge < -0.3 is 27.0 Å². The van der Waals surface area contributed by atoms with Crippen molar-refractivity contribution in [2.24, 2.45) is 5.73 Å². The molecule has 6 aromatic rings. The smallest absolute Gasteiger partial charge is 0.338 e. The Morgan fingerprint density at radius 2 is 1.24 bits per heavy atom. The molecule has 0 fully saturated rings. The van der Waals surface area contributed by atoms with Crippen molar-refractivity contribution in [3.05, 3.63) is 165 Å². The second-order valence-electron chi connectivity index (χ2n) is 11.9. The van der Waals surface area contributed by atoms with Crippen LogP contribution in [-0.2, 0) is 28.6 Å². The molecule has 0 unspecified atom stereocenters. The van der Waals surface area contributed by atoms with Crippen LogP contribution in [0.2, 0.25) is 10.0 Å². The maximum Gasteiger partial charge on any atom is 0.338 e. The standard InChI is InChI=1S/C16H11BrCl2N2O.C10H10BrNO3.C7H6BrNO2.C7H8ClN.C2H2Cl2O/c17-11-5-3-7-13-15(11)16(22)21(14(8-18)20-13)9-10-4-1-2-6-12(10)19;1-2-8(13)12-7-5-3-4-6(11)9(7)10(14)15;8-4-2-1-3-5(9)6(4)7(10)11;8-7-4-2-1-3-6(7)5-9;3-1-2(4)5/h1-7H,8-9H2;3-5H,2H2,1H3,(H,12,13)(H,14,15);1-3H,9H2,(H,10,11);1-4H,5,9H2;1H2. The summed E-state index contributed by atoms with van der Waals surface area (Å²) in [7, 11) is 0. The van der Waals surface area contributed by atoms with E-state index in [1.54, 1.807) is 60.0 Å². The van der Waals surface area contributed by atoms with E-state index in [1.165, 1.54) is 0 Å². The summed E-state index contributed by atoms with van der Waals surface area (Å²) in [6.07, 6.45) is 0.311. The minimum atomic E-state index is -1.08. The minimum Gasteiger partial charge on any atom is -0.478 e. The van der Waals surface area contributed by atoms with Crippen LogP contribution in [0.1, 0.15) is 51.0 Å². The molecule has 12 nitrogen and oxygen atoms in total. The zero-order valence-electron chi connectivity index (χ0n) is 32.4. The van der Waals surface area contributed by atoms with E-state index >= 15 is 0 Å². The Balaban J connectivity index is 0.000000289. The van der Waals surface area contributed by atoms with Crippen molar-refractivity contribution < 1.29 is 29.4 Å². The number of carbonyl (C=O) groups excluding carboxylic acids is 2. The van der Waals surface area contributed by atoms with E-state index in [2.05, 4.69) is 58.1 Å².